The van der Waals surface area contributed by atoms with Crippen molar-refractivity contribution in [3.8, 4) is 0 Å². The smallest absolute Gasteiger partial charge is 0.228 e. The summed E-state index contributed by atoms with van der Waals surface area (Å²) in [6.07, 6.45) is 5.20. The first-order valence-corrected chi connectivity index (χ1v) is 9.64. The van der Waals surface area contributed by atoms with Crippen molar-refractivity contribution in [2.24, 2.45) is 5.41 Å². The second kappa shape index (κ2) is 8.85. The Labute approximate surface area is 165 Å². The average molecular weight is 432 g/mol. The number of hydrogen-bond acceptors (Lipinski definition) is 3. The average Bonchev–Trinajstić information content (AvgIpc) is 2.55. The number of halogens is 2. The lowest BCUT2D eigenvalue weighted by atomic mass is 9.64. The summed E-state index contributed by atoms with van der Waals surface area (Å²) in [6, 6.07) is 8.52. The van der Waals surface area contributed by atoms with Gasteiger partial charge in [-0.1, -0.05) is 34.5 Å². The topological polar surface area (TPSA) is 50.4 Å². The van der Waals surface area contributed by atoms with Crippen LogP contribution in [0.4, 0.5) is 0 Å². The normalized spacial score (nSPS) is 20.9. The minimum Gasteiger partial charge on any atom is -0.384 e. The molecule has 25 heavy (non-hydrogen) atoms. The zero-order valence-electron chi connectivity index (χ0n) is 14.8. The predicted molar refractivity (Wildman–Crippen MR) is 106 cm³/mol. The van der Waals surface area contributed by atoms with Gasteiger partial charge in [-0.05, 0) is 56.5 Å². The maximum atomic E-state index is 13.0. The third kappa shape index (κ3) is 4.38. The molecule has 4 nitrogen and oxygen atoms in total. The predicted octanol–water partition coefficient (Wildman–Crippen LogP) is 3.43. The molecule has 1 saturated heterocycles. The van der Waals surface area contributed by atoms with E-state index in [9.17, 15) is 4.79 Å². The number of carbonyl (C=O) groups excluding carboxylic acids is 1. The van der Waals surface area contributed by atoms with Crippen LogP contribution in [-0.4, -0.2) is 39.3 Å². The first-order chi connectivity index (χ1) is 11.6. The molecule has 2 aliphatic rings. The van der Waals surface area contributed by atoms with Crippen molar-refractivity contribution in [3.63, 3.8) is 0 Å². The molecule has 2 fully saturated rings. The van der Waals surface area contributed by atoms with Crippen molar-refractivity contribution in [1.29, 1.82) is 0 Å². The largest absolute Gasteiger partial charge is 0.384 e. The molecule has 0 aromatic heterocycles. The van der Waals surface area contributed by atoms with Crippen LogP contribution in [0.15, 0.2) is 28.7 Å². The van der Waals surface area contributed by atoms with E-state index in [0.717, 1.165) is 49.8 Å². The Bertz CT molecular complexity index is 581. The highest BCUT2D eigenvalue weighted by Gasteiger charge is 2.43. The molecule has 0 atom stereocenters. The number of benzene rings is 1. The van der Waals surface area contributed by atoms with Crippen LogP contribution >= 0.6 is 28.3 Å². The highest BCUT2D eigenvalue weighted by molar-refractivity contribution is 9.10. The van der Waals surface area contributed by atoms with E-state index in [2.05, 4.69) is 50.8 Å². The van der Waals surface area contributed by atoms with Crippen LogP contribution in [0.25, 0.3) is 0 Å². The lowest BCUT2D eigenvalue weighted by molar-refractivity contribution is -0.136. The zero-order chi connectivity index (χ0) is 17.0. The van der Waals surface area contributed by atoms with E-state index in [1.165, 1.54) is 12.0 Å². The molecular weight excluding hydrogens is 404 g/mol. The summed E-state index contributed by atoms with van der Waals surface area (Å²) >= 11 is 3.57. The van der Waals surface area contributed by atoms with Gasteiger partial charge in [0, 0.05) is 23.5 Å². The number of amides is 1. The van der Waals surface area contributed by atoms with Crippen LogP contribution in [0.1, 0.15) is 37.7 Å². The minimum atomic E-state index is -0.373. The molecular formula is C19H28BrClN2O2. The first kappa shape index (κ1) is 20.7. The molecule has 140 valence electrons. The van der Waals surface area contributed by atoms with Gasteiger partial charge in [0.2, 0.25) is 5.91 Å². The van der Waals surface area contributed by atoms with Crippen LogP contribution in [0.3, 0.4) is 0 Å². The summed E-state index contributed by atoms with van der Waals surface area (Å²) in [5, 5.41) is 6.62. The summed E-state index contributed by atoms with van der Waals surface area (Å²) < 4.78 is 6.49. The summed E-state index contributed by atoms with van der Waals surface area (Å²) in [4.78, 5) is 13.0. The van der Waals surface area contributed by atoms with Crippen LogP contribution < -0.4 is 10.6 Å². The minimum absolute atomic E-state index is 0. The van der Waals surface area contributed by atoms with E-state index in [-0.39, 0.29) is 29.1 Å². The molecule has 0 unspecified atom stereocenters. The molecule has 1 aliphatic heterocycles. The number of rotatable bonds is 6. The molecule has 1 aliphatic carbocycles. The zero-order valence-corrected chi connectivity index (χ0v) is 17.2. The second-order valence-corrected chi connectivity index (χ2v) is 8.21. The van der Waals surface area contributed by atoms with Gasteiger partial charge in [-0.2, -0.15) is 0 Å². The molecule has 0 radical (unpaired) electrons. The van der Waals surface area contributed by atoms with Gasteiger partial charge in [-0.15, -0.1) is 12.4 Å². The Morgan fingerprint density at radius 1 is 1.28 bits per heavy atom. The van der Waals surface area contributed by atoms with Gasteiger partial charge in [0.05, 0.1) is 12.0 Å². The first-order valence-electron chi connectivity index (χ1n) is 8.84. The molecule has 0 spiro atoms. The van der Waals surface area contributed by atoms with Crippen LogP contribution in [0, 0.1) is 5.41 Å². The van der Waals surface area contributed by atoms with Gasteiger partial charge >= 0.3 is 0 Å². The highest BCUT2D eigenvalue weighted by atomic mass is 79.9. The third-order valence-corrected chi connectivity index (χ3v) is 6.29. The summed E-state index contributed by atoms with van der Waals surface area (Å²) in [6.45, 7) is 2.99. The van der Waals surface area contributed by atoms with E-state index in [4.69, 9.17) is 4.74 Å². The lowest BCUT2D eigenvalue weighted by Gasteiger charge is -2.44. The Morgan fingerprint density at radius 2 is 2.00 bits per heavy atom. The lowest BCUT2D eigenvalue weighted by Crippen LogP contribution is -2.53. The van der Waals surface area contributed by atoms with Crippen LogP contribution in [-0.2, 0) is 14.9 Å². The Balaban J connectivity index is 0.00000225. The molecule has 1 aromatic rings. The van der Waals surface area contributed by atoms with Crippen LogP contribution in [0.2, 0.25) is 0 Å². The maximum Gasteiger partial charge on any atom is 0.228 e. The molecule has 0 bridgehead atoms. The summed E-state index contributed by atoms with van der Waals surface area (Å²) in [5.41, 5.74) is 1.05. The van der Waals surface area contributed by atoms with Crippen molar-refractivity contribution >= 4 is 34.2 Å². The van der Waals surface area contributed by atoms with Crippen molar-refractivity contribution in [2.75, 3.05) is 33.4 Å². The molecule has 1 saturated carbocycles. The van der Waals surface area contributed by atoms with Gasteiger partial charge in [0.25, 0.3) is 0 Å². The number of ether oxygens (including phenoxy) is 1. The monoisotopic (exact) mass is 430 g/mol. The Kier molecular flexibility index (Phi) is 7.32. The van der Waals surface area contributed by atoms with Crippen molar-refractivity contribution in [2.45, 2.75) is 37.5 Å². The number of carbonyl (C=O) groups is 1. The van der Waals surface area contributed by atoms with E-state index >= 15 is 0 Å². The highest BCUT2D eigenvalue weighted by Crippen LogP contribution is 2.44. The van der Waals surface area contributed by atoms with Gasteiger partial charge in [-0.3, -0.25) is 4.79 Å². The van der Waals surface area contributed by atoms with E-state index in [1.807, 2.05) is 0 Å². The molecule has 1 aromatic carbocycles. The quantitative estimate of drug-likeness (QED) is 0.725. The van der Waals surface area contributed by atoms with Crippen LogP contribution in [0.5, 0.6) is 0 Å². The van der Waals surface area contributed by atoms with E-state index < -0.39 is 0 Å². The SMILES string of the molecule is COCC1(C(=O)NCC2(c3cccc(Br)c3)CCC2)CCNCC1.Cl. The standard InChI is InChI=1S/C19H27BrN2O2.ClH/c1-24-14-19(8-10-21-11-9-19)17(23)22-13-18(6-3-7-18)15-4-2-5-16(20)12-15;/h2,4-5,12,21H,3,6-11,13-14H2,1H3,(H,22,23);1H. The van der Waals surface area contributed by atoms with E-state index in [0.29, 0.717) is 6.61 Å². The Morgan fingerprint density at radius 3 is 2.56 bits per heavy atom. The molecule has 2 N–H and O–H groups in total. The number of methoxy groups -OCH3 is 1. The Hall–Kier alpha value is -0.620. The number of hydrogen-bond donors (Lipinski definition) is 2. The second-order valence-electron chi connectivity index (χ2n) is 7.29. The van der Waals surface area contributed by atoms with Crippen molar-refractivity contribution in [3.05, 3.63) is 34.3 Å². The number of nitrogens with one attached hydrogen (secondary N) is 2. The van der Waals surface area contributed by atoms with Crippen molar-refractivity contribution < 1.29 is 9.53 Å². The third-order valence-electron chi connectivity index (χ3n) is 5.80. The fourth-order valence-electron chi connectivity index (χ4n) is 4.04. The molecule has 1 heterocycles. The number of piperidine rings is 1. The fraction of sp³-hybridized carbons (Fsp3) is 0.632. The van der Waals surface area contributed by atoms with Gasteiger partial charge in [-0.25, -0.2) is 0 Å². The molecule has 1 amide bonds. The summed E-state index contributed by atoms with van der Waals surface area (Å²) in [5.74, 6) is 0.159. The summed E-state index contributed by atoms with van der Waals surface area (Å²) in [7, 11) is 1.69. The van der Waals surface area contributed by atoms with Gasteiger partial charge in [0.1, 0.15) is 0 Å². The fourth-order valence-corrected chi connectivity index (χ4v) is 4.44. The van der Waals surface area contributed by atoms with Gasteiger partial charge in [0.15, 0.2) is 0 Å². The van der Waals surface area contributed by atoms with Gasteiger partial charge < -0.3 is 15.4 Å². The molecule has 3 rings (SSSR count). The van der Waals surface area contributed by atoms with E-state index in [1.54, 1.807) is 7.11 Å². The van der Waals surface area contributed by atoms with Crippen molar-refractivity contribution in [1.82, 2.24) is 10.6 Å². The maximum absolute atomic E-state index is 13.0. The molecule has 6 heteroatoms.